The van der Waals surface area contributed by atoms with E-state index in [0.29, 0.717) is 23.4 Å². The van der Waals surface area contributed by atoms with E-state index in [-0.39, 0.29) is 19.0 Å². The molecule has 2 aliphatic heterocycles. The minimum atomic E-state index is -3.99. The van der Waals surface area contributed by atoms with Gasteiger partial charge in [0.1, 0.15) is 6.04 Å². The molecule has 40 heavy (non-hydrogen) atoms. The Balaban J connectivity index is 0.000000810. The second-order valence-electron chi connectivity index (χ2n) is 9.46. The molecule has 2 N–H and O–H groups in total. The summed E-state index contributed by atoms with van der Waals surface area (Å²) in [4.78, 5) is 32.6. The Morgan fingerprint density at radius 1 is 1.07 bits per heavy atom. The van der Waals surface area contributed by atoms with Crippen molar-refractivity contribution in [2.45, 2.75) is 18.9 Å². The number of amides is 1. The maximum absolute atomic E-state index is 12.9. The summed E-state index contributed by atoms with van der Waals surface area (Å²) in [6, 6.07) is 9.27. The largest absolute Gasteiger partial charge is 0.480 e. The molecule has 0 saturated carbocycles. The molecule has 1 aromatic carbocycles. The van der Waals surface area contributed by atoms with E-state index in [4.69, 9.17) is 16.2 Å². The average molecular weight is 615 g/mol. The molecule has 2 saturated heterocycles. The molecule has 0 bridgehead atoms. The van der Waals surface area contributed by atoms with Gasteiger partial charge in [0.2, 0.25) is 15.9 Å². The van der Waals surface area contributed by atoms with Crippen molar-refractivity contribution in [3.63, 3.8) is 0 Å². The number of piperidine rings is 1. The molecule has 3 heterocycles. The molecule has 0 radical (unpaired) electrons. The van der Waals surface area contributed by atoms with Crippen LogP contribution in [0.3, 0.4) is 0 Å². The highest BCUT2D eigenvalue weighted by atomic mass is 35.5. The summed E-state index contributed by atoms with van der Waals surface area (Å²) >= 11 is 5.85. The van der Waals surface area contributed by atoms with Crippen molar-refractivity contribution >= 4 is 55.4 Å². The fraction of sp³-hybridized carbons (Fsp3) is 0.400. The number of hydrogen-bond donors (Lipinski definition) is 2. The van der Waals surface area contributed by atoms with Gasteiger partial charge in [-0.2, -0.15) is 12.7 Å². The van der Waals surface area contributed by atoms with Crippen molar-refractivity contribution in [1.82, 2.24) is 14.2 Å². The van der Waals surface area contributed by atoms with Crippen LogP contribution >= 0.6 is 11.6 Å². The number of aliphatic carboxylic acids is 1. The maximum atomic E-state index is 12.9. The second-order valence-corrected chi connectivity index (χ2v) is 13.2. The van der Waals surface area contributed by atoms with Crippen molar-refractivity contribution in [3.8, 4) is 0 Å². The highest BCUT2D eigenvalue weighted by Gasteiger charge is 2.41. The van der Waals surface area contributed by atoms with Gasteiger partial charge < -0.3 is 14.9 Å². The number of halogens is 1. The summed E-state index contributed by atoms with van der Waals surface area (Å²) in [5, 5.41) is 11.3. The Morgan fingerprint density at radius 3 is 2.20 bits per heavy atom. The Kier molecular flexibility index (Phi) is 10.7. The van der Waals surface area contributed by atoms with Gasteiger partial charge in [-0.15, -0.1) is 0 Å². The Morgan fingerprint density at radius 2 is 1.65 bits per heavy atom. The van der Waals surface area contributed by atoms with E-state index in [0.717, 1.165) is 41.3 Å². The zero-order chi connectivity index (χ0) is 29.5. The van der Waals surface area contributed by atoms with Crippen molar-refractivity contribution in [1.29, 1.82) is 0 Å². The molecule has 0 spiro atoms. The van der Waals surface area contributed by atoms with E-state index >= 15 is 0 Å². The molecule has 15 heteroatoms. The van der Waals surface area contributed by atoms with E-state index in [9.17, 15) is 31.5 Å². The highest BCUT2D eigenvalue weighted by molar-refractivity contribution is 7.92. The summed E-state index contributed by atoms with van der Waals surface area (Å²) in [7, 11) is -7.65. The molecular weight excluding hydrogens is 584 g/mol. The van der Waals surface area contributed by atoms with Crippen LogP contribution in [0.25, 0.3) is 6.08 Å². The fourth-order valence-electron chi connectivity index (χ4n) is 4.44. The first-order valence-corrected chi connectivity index (χ1v) is 16.0. The van der Waals surface area contributed by atoms with E-state index < -0.39 is 38.1 Å². The summed E-state index contributed by atoms with van der Waals surface area (Å²) in [6.45, 7) is 1.22. The summed E-state index contributed by atoms with van der Waals surface area (Å²) in [5.41, 5.74) is 1.71. The average Bonchev–Trinajstić information content (AvgIpc) is 2.89. The van der Waals surface area contributed by atoms with Gasteiger partial charge in [0.25, 0.3) is 10.1 Å². The van der Waals surface area contributed by atoms with Crippen molar-refractivity contribution < 1.29 is 36.1 Å². The highest BCUT2D eigenvalue weighted by Crippen LogP contribution is 2.26. The van der Waals surface area contributed by atoms with Gasteiger partial charge in [0.05, 0.1) is 12.8 Å². The molecule has 2 aliphatic rings. The van der Waals surface area contributed by atoms with E-state index in [1.54, 1.807) is 36.7 Å². The first-order valence-electron chi connectivity index (χ1n) is 12.3. The number of carbonyl (C=O) groups excluding carboxylic acids is 1. The third-order valence-corrected chi connectivity index (χ3v) is 8.16. The normalized spacial score (nSPS) is 19.4. The first kappa shape index (κ1) is 31.5. The van der Waals surface area contributed by atoms with Crippen LogP contribution in [0.4, 0.5) is 5.69 Å². The van der Waals surface area contributed by atoms with Crippen molar-refractivity contribution in [2.75, 3.05) is 43.9 Å². The molecule has 12 nitrogen and oxygen atoms in total. The zero-order valence-corrected chi connectivity index (χ0v) is 24.1. The van der Waals surface area contributed by atoms with Crippen LogP contribution in [0, 0.1) is 5.92 Å². The number of anilines is 1. The van der Waals surface area contributed by atoms with Crippen LogP contribution in [0.2, 0.25) is 5.02 Å². The number of sulfonamides is 1. The predicted molar refractivity (Wildman–Crippen MR) is 151 cm³/mol. The lowest BCUT2D eigenvalue weighted by atomic mass is 9.94. The number of carbonyl (C=O) groups is 2. The van der Waals surface area contributed by atoms with Crippen LogP contribution in [-0.4, -0.2) is 97.6 Å². The maximum Gasteiger partial charge on any atom is 0.327 e. The van der Waals surface area contributed by atoms with Crippen LogP contribution in [0.1, 0.15) is 18.4 Å². The SMILES string of the molecule is CS(=O)(=O)O.O=C(O)C1CN(S(=O)(=O)C=Cc2ccc(Cl)cc2)CC(=O)N1CC1CCN(c2ccncc2)CC1. The van der Waals surface area contributed by atoms with Crippen LogP contribution in [-0.2, 0) is 29.7 Å². The predicted octanol–water partition coefficient (Wildman–Crippen LogP) is 2.05. The van der Waals surface area contributed by atoms with Gasteiger partial charge in [-0.1, -0.05) is 23.7 Å². The van der Waals surface area contributed by atoms with Gasteiger partial charge >= 0.3 is 5.97 Å². The van der Waals surface area contributed by atoms with Crippen LogP contribution < -0.4 is 4.90 Å². The standard InChI is InChI=1S/C24H27ClN4O5S.CH4O3S/c25-20-3-1-18(2-4-20)9-14-35(33,34)28-16-22(24(31)32)29(23(30)17-28)15-19-7-12-27(13-8-19)21-5-10-26-11-6-21;1-5(2,3)4/h1-6,9-11,14,19,22H,7-8,12-13,15-17H2,(H,31,32);1H3,(H,2,3,4). The number of benzene rings is 1. The Bertz CT molecular complexity index is 1400. The van der Waals surface area contributed by atoms with Crippen LogP contribution in [0.15, 0.2) is 54.2 Å². The lowest BCUT2D eigenvalue weighted by Crippen LogP contribution is -2.61. The Labute approximate surface area is 238 Å². The number of carboxylic acid groups (broad SMARTS) is 1. The van der Waals surface area contributed by atoms with Gasteiger partial charge in [-0.25, -0.2) is 13.2 Å². The number of carboxylic acids is 1. The van der Waals surface area contributed by atoms with Crippen molar-refractivity contribution in [3.05, 3.63) is 64.8 Å². The lowest BCUT2D eigenvalue weighted by molar-refractivity contribution is -0.154. The quantitative estimate of drug-likeness (QED) is 0.441. The third kappa shape index (κ3) is 9.55. The van der Waals surface area contributed by atoms with Gasteiger partial charge in [-0.05, 0) is 54.7 Å². The van der Waals surface area contributed by atoms with E-state index in [2.05, 4.69) is 9.88 Å². The van der Waals surface area contributed by atoms with E-state index in [1.807, 2.05) is 12.1 Å². The molecular formula is C25H31ClN4O8S2. The summed E-state index contributed by atoms with van der Waals surface area (Å²) < 4.78 is 52.5. The lowest BCUT2D eigenvalue weighted by Gasteiger charge is -2.41. The topological polar surface area (TPSA) is 165 Å². The monoisotopic (exact) mass is 614 g/mol. The molecule has 2 aromatic rings. The summed E-state index contributed by atoms with van der Waals surface area (Å²) in [5.74, 6) is -1.57. The molecule has 4 rings (SSSR count). The third-order valence-electron chi connectivity index (χ3n) is 6.43. The molecule has 218 valence electrons. The zero-order valence-electron chi connectivity index (χ0n) is 21.7. The van der Waals surface area contributed by atoms with Gasteiger partial charge in [-0.3, -0.25) is 14.3 Å². The van der Waals surface area contributed by atoms with Crippen LogP contribution in [0.5, 0.6) is 0 Å². The minimum Gasteiger partial charge on any atom is -0.480 e. The minimum absolute atomic E-state index is 0.145. The Hall–Kier alpha value is -3.04. The second kappa shape index (κ2) is 13.5. The molecule has 1 aromatic heterocycles. The summed E-state index contributed by atoms with van der Waals surface area (Å²) in [6.07, 6.45) is 7.22. The molecule has 1 amide bonds. The number of nitrogens with zero attached hydrogens (tertiary/aromatic N) is 4. The molecule has 2 fully saturated rings. The molecule has 1 unspecified atom stereocenters. The van der Waals surface area contributed by atoms with Gasteiger partial charge in [0, 0.05) is 54.7 Å². The molecule has 1 atom stereocenters. The smallest absolute Gasteiger partial charge is 0.327 e. The molecule has 0 aliphatic carbocycles. The number of rotatable bonds is 7. The number of pyridine rings is 1. The number of hydrogen-bond acceptors (Lipinski definition) is 8. The first-order chi connectivity index (χ1) is 18.7. The van der Waals surface area contributed by atoms with Gasteiger partial charge in [0.15, 0.2) is 0 Å². The van der Waals surface area contributed by atoms with E-state index in [1.165, 1.54) is 11.0 Å². The number of piperazine rings is 1. The van der Waals surface area contributed by atoms with Crippen molar-refractivity contribution in [2.24, 2.45) is 5.92 Å². The number of aromatic nitrogens is 1. The fourth-order valence-corrected chi connectivity index (χ4v) is 5.70.